The quantitative estimate of drug-likeness (QED) is 0.671. The van der Waals surface area contributed by atoms with Gasteiger partial charge in [-0.15, -0.1) is 0 Å². The molecule has 0 radical (unpaired) electrons. The molecule has 0 aliphatic heterocycles. The Balaban J connectivity index is 1.85. The number of benzene rings is 1. The average molecular weight is 276 g/mol. The van der Waals surface area contributed by atoms with Gasteiger partial charge in [-0.2, -0.15) is 0 Å². The van der Waals surface area contributed by atoms with Crippen LogP contribution in [0.3, 0.4) is 0 Å². The highest BCUT2D eigenvalue weighted by molar-refractivity contribution is 5.77. The molecular weight excluding hydrogens is 256 g/mol. The van der Waals surface area contributed by atoms with Gasteiger partial charge < -0.3 is 15.7 Å². The summed E-state index contributed by atoms with van der Waals surface area (Å²) < 4.78 is 0. The minimum Gasteiger partial charge on any atom is -0.481 e. The number of carbonyl (C=O) groups excluding carboxylic acids is 1. The van der Waals surface area contributed by atoms with Gasteiger partial charge >= 0.3 is 5.97 Å². The number of carbonyl (C=O) groups is 2. The van der Waals surface area contributed by atoms with E-state index in [-0.39, 0.29) is 12.3 Å². The number of aliphatic carboxylic acids is 1. The van der Waals surface area contributed by atoms with Crippen molar-refractivity contribution in [2.24, 2.45) is 0 Å². The van der Waals surface area contributed by atoms with Crippen molar-refractivity contribution in [3.05, 3.63) is 35.9 Å². The molecule has 1 amide bonds. The Morgan fingerprint density at radius 1 is 1.25 bits per heavy atom. The largest absolute Gasteiger partial charge is 0.481 e. The zero-order chi connectivity index (χ0) is 14.4. The highest BCUT2D eigenvalue weighted by Gasteiger charge is 2.21. The molecule has 0 aromatic heterocycles. The van der Waals surface area contributed by atoms with Crippen molar-refractivity contribution >= 4 is 11.9 Å². The molecular formula is C15H20N2O3. The van der Waals surface area contributed by atoms with Crippen molar-refractivity contribution in [1.29, 1.82) is 0 Å². The topological polar surface area (TPSA) is 78.4 Å². The summed E-state index contributed by atoms with van der Waals surface area (Å²) in [5.41, 5.74) is 0.818. The van der Waals surface area contributed by atoms with Crippen LogP contribution in [0, 0.1) is 0 Å². The Kier molecular flexibility index (Phi) is 5.12. The van der Waals surface area contributed by atoms with Crippen molar-refractivity contribution < 1.29 is 14.7 Å². The summed E-state index contributed by atoms with van der Waals surface area (Å²) in [5, 5.41) is 15.0. The Hall–Kier alpha value is -1.88. The first-order chi connectivity index (χ1) is 9.65. The Bertz CT molecular complexity index is 457. The summed E-state index contributed by atoms with van der Waals surface area (Å²) in [4.78, 5) is 22.8. The van der Waals surface area contributed by atoms with E-state index in [0.717, 1.165) is 5.56 Å². The van der Waals surface area contributed by atoms with E-state index < -0.39 is 12.0 Å². The normalized spacial score (nSPS) is 15.6. The first-order valence-electron chi connectivity index (χ1n) is 6.94. The molecule has 1 aromatic carbocycles. The summed E-state index contributed by atoms with van der Waals surface area (Å²) >= 11 is 0. The van der Waals surface area contributed by atoms with Crippen molar-refractivity contribution in [2.75, 3.05) is 6.54 Å². The fraction of sp³-hybridized carbons (Fsp3) is 0.467. The lowest BCUT2D eigenvalue weighted by atomic mass is 10.0. The fourth-order valence-electron chi connectivity index (χ4n) is 2.06. The van der Waals surface area contributed by atoms with Crippen LogP contribution in [0.2, 0.25) is 0 Å². The Morgan fingerprint density at radius 3 is 2.55 bits per heavy atom. The first-order valence-corrected chi connectivity index (χ1v) is 6.94. The van der Waals surface area contributed by atoms with E-state index in [1.807, 2.05) is 30.3 Å². The highest BCUT2D eigenvalue weighted by Crippen LogP contribution is 2.19. The number of carboxylic acid groups (broad SMARTS) is 1. The van der Waals surface area contributed by atoms with Gasteiger partial charge in [-0.25, -0.2) is 0 Å². The molecule has 1 atom stereocenters. The van der Waals surface area contributed by atoms with Crippen LogP contribution in [0.5, 0.6) is 0 Å². The number of amides is 1. The maximum Gasteiger partial charge on any atom is 0.305 e. The van der Waals surface area contributed by atoms with Crippen LogP contribution >= 0.6 is 0 Å². The van der Waals surface area contributed by atoms with Gasteiger partial charge in [0.05, 0.1) is 12.5 Å². The predicted molar refractivity (Wildman–Crippen MR) is 75.2 cm³/mol. The third-order valence-corrected chi connectivity index (χ3v) is 3.28. The fourth-order valence-corrected chi connectivity index (χ4v) is 2.06. The molecule has 1 saturated carbocycles. The number of rotatable bonds is 8. The molecule has 108 valence electrons. The van der Waals surface area contributed by atoms with Crippen molar-refractivity contribution in [3.63, 3.8) is 0 Å². The van der Waals surface area contributed by atoms with Crippen molar-refractivity contribution in [3.8, 4) is 0 Å². The van der Waals surface area contributed by atoms with Gasteiger partial charge in [-0.1, -0.05) is 30.3 Å². The summed E-state index contributed by atoms with van der Waals surface area (Å²) in [6.07, 6.45) is 2.64. The molecule has 1 aliphatic carbocycles. The smallest absolute Gasteiger partial charge is 0.305 e. The molecule has 1 fully saturated rings. The maximum atomic E-state index is 11.9. The second-order valence-electron chi connectivity index (χ2n) is 5.11. The molecule has 0 spiro atoms. The van der Waals surface area contributed by atoms with Gasteiger partial charge in [0.15, 0.2) is 0 Å². The average Bonchev–Trinajstić information content (AvgIpc) is 3.23. The summed E-state index contributed by atoms with van der Waals surface area (Å²) in [6.45, 7) is 0.644. The molecule has 0 bridgehead atoms. The molecule has 3 N–H and O–H groups in total. The van der Waals surface area contributed by atoms with E-state index in [1.165, 1.54) is 12.8 Å². The van der Waals surface area contributed by atoms with E-state index in [2.05, 4.69) is 10.6 Å². The molecule has 0 saturated heterocycles. The molecule has 1 aromatic rings. The van der Waals surface area contributed by atoms with E-state index in [4.69, 9.17) is 5.11 Å². The van der Waals surface area contributed by atoms with Crippen LogP contribution < -0.4 is 10.6 Å². The molecule has 1 unspecified atom stereocenters. The molecule has 2 rings (SSSR count). The minimum atomic E-state index is -0.921. The van der Waals surface area contributed by atoms with Crippen LogP contribution in [-0.4, -0.2) is 29.6 Å². The highest BCUT2D eigenvalue weighted by atomic mass is 16.4. The van der Waals surface area contributed by atoms with Gasteiger partial charge in [-0.3, -0.25) is 9.59 Å². The third-order valence-electron chi connectivity index (χ3n) is 3.28. The predicted octanol–water partition coefficient (Wildman–Crippen LogP) is 1.46. The zero-order valence-corrected chi connectivity index (χ0v) is 11.3. The monoisotopic (exact) mass is 276 g/mol. The SMILES string of the molecule is O=C(O)CC(NC(=O)CCNC1CC1)c1ccccc1. The summed E-state index contributed by atoms with van der Waals surface area (Å²) in [5.74, 6) is -1.04. The van der Waals surface area contributed by atoms with E-state index >= 15 is 0 Å². The van der Waals surface area contributed by atoms with Crippen molar-refractivity contribution in [1.82, 2.24) is 10.6 Å². The van der Waals surface area contributed by atoms with Crippen LogP contribution in [0.1, 0.15) is 37.3 Å². The molecule has 1 aliphatic rings. The standard InChI is InChI=1S/C15H20N2O3/c18-14(8-9-16-12-6-7-12)17-13(10-15(19)20)11-4-2-1-3-5-11/h1-5,12-13,16H,6-10H2,(H,17,18)(H,19,20). The lowest BCUT2D eigenvalue weighted by Gasteiger charge is -2.17. The maximum absolute atomic E-state index is 11.9. The zero-order valence-electron chi connectivity index (χ0n) is 11.3. The number of hydrogen-bond donors (Lipinski definition) is 3. The van der Waals surface area contributed by atoms with E-state index in [1.54, 1.807) is 0 Å². The van der Waals surface area contributed by atoms with Crippen LogP contribution in [-0.2, 0) is 9.59 Å². The molecule has 20 heavy (non-hydrogen) atoms. The third kappa shape index (κ3) is 5.01. The molecule has 0 heterocycles. The molecule has 5 heteroatoms. The van der Waals surface area contributed by atoms with Crippen LogP contribution in [0.4, 0.5) is 0 Å². The Morgan fingerprint density at radius 2 is 1.95 bits per heavy atom. The number of carboxylic acids is 1. The van der Waals surface area contributed by atoms with Gasteiger partial charge in [-0.05, 0) is 18.4 Å². The van der Waals surface area contributed by atoms with E-state index in [9.17, 15) is 9.59 Å². The first kappa shape index (κ1) is 14.5. The lowest BCUT2D eigenvalue weighted by Crippen LogP contribution is -2.32. The van der Waals surface area contributed by atoms with Gasteiger partial charge in [0.1, 0.15) is 0 Å². The second kappa shape index (κ2) is 7.05. The molecule has 5 nitrogen and oxygen atoms in total. The van der Waals surface area contributed by atoms with Crippen LogP contribution in [0.25, 0.3) is 0 Å². The number of hydrogen-bond acceptors (Lipinski definition) is 3. The van der Waals surface area contributed by atoms with Crippen LogP contribution in [0.15, 0.2) is 30.3 Å². The lowest BCUT2D eigenvalue weighted by molar-refractivity contribution is -0.137. The summed E-state index contributed by atoms with van der Waals surface area (Å²) in [7, 11) is 0. The number of nitrogens with one attached hydrogen (secondary N) is 2. The van der Waals surface area contributed by atoms with E-state index in [0.29, 0.717) is 19.0 Å². The minimum absolute atomic E-state index is 0.105. The Labute approximate surface area is 118 Å². The van der Waals surface area contributed by atoms with Gasteiger partial charge in [0.2, 0.25) is 5.91 Å². The van der Waals surface area contributed by atoms with Crippen molar-refractivity contribution in [2.45, 2.75) is 37.8 Å². The second-order valence-corrected chi connectivity index (χ2v) is 5.11. The van der Waals surface area contributed by atoms with Gasteiger partial charge in [0, 0.05) is 19.0 Å². The summed E-state index contributed by atoms with van der Waals surface area (Å²) in [6, 6.07) is 9.31. The van der Waals surface area contributed by atoms with Gasteiger partial charge in [0.25, 0.3) is 0 Å².